The minimum atomic E-state index is -3.63. The van der Waals surface area contributed by atoms with Crippen molar-refractivity contribution in [3.8, 4) is 10.7 Å². The van der Waals surface area contributed by atoms with Gasteiger partial charge in [0.2, 0.25) is 27.6 Å². The highest BCUT2D eigenvalue weighted by Gasteiger charge is 2.24. The third kappa shape index (κ3) is 4.76. The highest BCUT2D eigenvalue weighted by atomic mass is 32.2. The molecular weight excluding hydrogens is 400 g/mol. The molecule has 1 amide bonds. The standard InChI is InChI=1S/C18H20N4O4S2/c1-13-6-4-7-14(10-13)22(28(3,24)25)12-17(23)21(2)11-16-19-18(20-26-16)15-8-5-9-27-15/h4-10H,11-12H2,1-3H3. The number of hydrogen-bond donors (Lipinski definition) is 0. The van der Waals surface area contributed by atoms with Gasteiger partial charge in [0.15, 0.2) is 0 Å². The number of hydrogen-bond acceptors (Lipinski definition) is 7. The molecule has 0 spiro atoms. The van der Waals surface area contributed by atoms with Gasteiger partial charge in [0, 0.05) is 7.05 Å². The van der Waals surface area contributed by atoms with E-state index in [2.05, 4.69) is 10.1 Å². The number of aryl methyl sites for hydroxylation is 1. The summed E-state index contributed by atoms with van der Waals surface area (Å²) in [5, 5.41) is 5.82. The van der Waals surface area contributed by atoms with Gasteiger partial charge in [-0.1, -0.05) is 23.4 Å². The quantitative estimate of drug-likeness (QED) is 0.583. The smallest absolute Gasteiger partial charge is 0.246 e. The van der Waals surface area contributed by atoms with Crippen LogP contribution in [0.3, 0.4) is 0 Å². The molecule has 0 radical (unpaired) electrons. The highest BCUT2D eigenvalue weighted by Crippen LogP contribution is 2.22. The molecular formula is C18H20N4O4S2. The van der Waals surface area contributed by atoms with E-state index in [1.807, 2.05) is 30.5 Å². The molecule has 0 saturated heterocycles. The fourth-order valence-corrected chi connectivity index (χ4v) is 4.03. The predicted molar refractivity (Wildman–Crippen MR) is 107 cm³/mol. The van der Waals surface area contributed by atoms with E-state index in [1.54, 1.807) is 25.2 Å². The zero-order valence-electron chi connectivity index (χ0n) is 15.7. The summed E-state index contributed by atoms with van der Waals surface area (Å²) in [7, 11) is -2.06. The SMILES string of the molecule is Cc1cccc(N(CC(=O)N(C)Cc2nc(-c3cccs3)no2)S(C)(=O)=O)c1. The van der Waals surface area contributed by atoms with Gasteiger partial charge in [-0.25, -0.2) is 8.42 Å². The number of amides is 1. The molecule has 148 valence electrons. The van der Waals surface area contributed by atoms with Crippen molar-refractivity contribution in [2.24, 2.45) is 0 Å². The van der Waals surface area contributed by atoms with Crippen molar-refractivity contribution in [1.82, 2.24) is 15.0 Å². The second kappa shape index (κ2) is 8.11. The van der Waals surface area contributed by atoms with Crippen LogP contribution < -0.4 is 4.31 Å². The van der Waals surface area contributed by atoms with Crippen molar-refractivity contribution < 1.29 is 17.7 Å². The topological polar surface area (TPSA) is 96.6 Å². The lowest BCUT2D eigenvalue weighted by atomic mass is 10.2. The molecule has 0 saturated carbocycles. The molecule has 8 nitrogen and oxygen atoms in total. The monoisotopic (exact) mass is 420 g/mol. The normalized spacial score (nSPS) is 11.4. The molecule has 2 aromatic heterocycles. The molecule has 3 aromatic rings. The first-order valence-corrected chi connectivity index (χ1v) is 11.1. The summed E-state index contributed by atoms with van der Waals surface area (Å²) < 4.78 is 30.7. The Hall–Kier alpha value is -2.72. The van der Waals surface area contributed by atoms with Crippen molar-refractivity contribution in [2.75, 3.05) is 24.2 Å². The Bertz CT molecular complexity index is 1060. The zero-order valence-corrected chi connectivity index (χ0v) is 17.3. The number of sulfonamides is 1. The summed E-state index contributed by atoms with van der Waals surface area (Å²) in [6, 6.07) is 10.8. The van der Waals surface area contributed by atoms with Crippen LogP contribution in [0.1, 0.15) is 11.5 Å². The second-order valence-electron chi connectivity index (χ2n) is 6.35. The first kappa shape index (κ1) is 20.0. The molecule has 0 fully saturated rings. The van der Waals surface area contributed by atoms with Gasteiger partial charge >= 0.3 is 0 Å². The van der Waals surface area contributed by atoms with Crippen LogP contribution in [0.25, 0.3) is 10.7 Å². The van der Waals surface area contributed by atoms with Crippen LogP contribution in [-0.4, -0.2) is 49.2 Å². The Morgan fingerprint density at radius 2 is 2.04 bits per heavy atom. The Morgan fingerprint density at radius 3 is 2.68 bits per heavy atom. The van der Waals surface area contributed by atoms with E-state index in [0.29, 0.717) is 11.5 Å². The van der Waals surface area contributed by atoms with Gasteiger partial charge in [0.05, 0.1) is 23.4 Å². The van der Waals surface area contributed by atoms with Gasteiger partial charge in [-0.05, 0) is 36.1 Å². The Balaban J connectivity index is 1.71. The van der Waals surface area contributed by atoms with Crippen LogP contribution >= 0.6 is 11.3 Å². The number of benzene rings is 1. The maximum Gasteiger partial charge on any atom is 0.246 e. The van der Waals surface area contributed by atoms with E-state index in [0.717, 1.165) is 21.0 Å². The Labute approximate surface area is 167 Å². The molecule has 10 heteroatoms. The van der Waals surface area contributed by atoms with E-state index < -0.39 is 10.0 Å². The fourth-order valence-electron chi connectivity index (χ4n) is 2.54. The summed E-state index contributed by atoms with van der Waals surface area (Å²) in [5.74, 6) is 0.354. The van der Waals surface area contributed by atoms with E-state index in [4.69, 9.17) is 4.52 Å². The van der Waals surface area contributed by atoms with Gasteiger partial charge in [-0.2, -0.15) is 4.98 Å². The number of thiophene rings is 1. The summed E-state index contributed by atoms with van der Waals surface area (Å²) in [5.41, 5.74) is 1.35. The highest BCUT2D eigenvalue weighted by molar-refractivity contribution is 7.92. The van der Waals surface area contributed by atoms with E-state index in [1.165, 1.54) is 16.2 Å². The summed E-state index contributed by atoms with van der Waals surface area (Å²) in [6.07, 6.45) is 1.08. The molecule has 0 atom stereocenters. The molecule has 0 unspecified atom stereocenters. The number of nitrogens with zero attached hydrogens (tertiary/aromatic N) is 4. The van der Waals surface area contributed by atoms with Gasteiger partial charge in [-0.15, -0.1) is 11.3 Å². The number of carbonyl (C=O) groups is 1. The fraction of sp³-hybridized carbons (Fsp3) is 0.278. The zero-order chi connectivity index (χ0) is 20.3. The number of aromatic nitrogens is 2. The van der Waals surface area contributed by atoms with Crippen molar-refractivity contribution in [1.29, 1.82) is 0 Å². The largest absolute Gasteiger partial charge is 0.337 e. The number of anilines is 1. The summed E-state index contributed by atoms with van der Waals surface area (Å²) in [6.45, 7) is 1.63. The van der Waals surface area contributed by atoms with Gasteiger partial charge in [0.1, 0.15) is 6.54 Å². The van der Waals surface area contributed by atoms with Crippen molar-refractivity contribution in [2.45, 2.75) is 13.5 Å². The van der Waals surface area contributed by atoms with Crippen LogP contribution in [0.4, 0.5) is 5.69 Å². The van der Waals surface area contributed by atoms with Crippen LogP contribution in [0, 0.1) is 6.92 Å². The molecule has 0 aliphatic heterocycles. The minimum Gasteiger partial charge on any atom is -0.337 e. The average molecular weight is 421 g/mol. The van der Waals surface area contributed by atoms with Crippen molar-refractivity contribution in [3.63, 3.8) is 0 Å². The number of carbonyl (C=O) groups excluding carboxylic acids is 1. The molecule has 0 aliphatic rings. The second-order valence-corrected chi connectivity index (χ2v) is 9.20. The summed E-state index contributed by atoms with van der Waals surface area (Å²) in [4.78, 5) is 19.1. The van der Waals surface area contributed by atoms with Crippen LogP contribution in [0.5, 0.6) is 0 Å². The third-order valence-electron chi connectivity index (χ3n) is 3.98. The van der Waals surface area contributed by atoms with Crippen LogP contribution in [0.2, 0.25) is 0 Å². The maximum atomic E-state index is 12.6. The number of likely N-dealkylation sites (N-methyl/N-ethyl adjacent to an activating group) is 1. The summed E-state index contributed by atoms with van der Waals surface area (Å²) >= 11 is 1.49. The Kier molecular flexibility index (Phi) is 5.80. The average Bonchev–Trinajstić information content (AvgIpc) is 3.29. The van der Waals surface area contributed by atoms with Crippen LogP contribution in [-0.2, 0) is 21.4 Å². The van der Waals surface area contributed by atoms with Crippen LogP contribution in [0.15, 0.2) is 46.3 Å². The lowest BCUT2D eigenvalue weighted by molar-refractivity contribution is -0.129. The molecule has 1 aromatic carbocycles. The first-order valence-electron chi connectivity index (χ1n) is 8.39. The predicted octanol–water partition coefficient (Wildman–Crippen LogP) is 2.53. The van der Waals surface area contributed by atoms with E-state index in [-0.39, 0.29) is 24.9 Å². The Morgan fingerprint density at radius 1 is 1.25 bits per heavy atom. The van der Waals surface area contributed by atoms with E-state index in [9.17, 15) is 13.2 Å². The molecule has 0 bridgehead atoms. The third-order valence-corrected chi connectivity index (χ3v) is 5.98. The maximum absolute atomic E-state index is 12.6. The number of rotatable bonds is 7. The first-order chi connectivity index (χ1) is 13.2. The van der Waals surface area contributed by atoms with Crippen molar-refractivity contribution in [3.05, 3.63) is 53.2 Å². The lowest BCUT2D eigenvalue weighted by Crippen LogP contribution is -2.41. The molecule has 0 aliphatic carbocycles. The molecule has 2 heterocycles. The van der Waals surface area contributed by atoms with Gasteiger partial charge in [-0.3, -0.25) is 9.10 Å². The minimum absolute atomic E-state index is 0.0859. The lowest BCUT2D eigenvalue weighted by Gasteiger charge is -2.24. The van der Waals surface area contributed by atoms with Crippen molar-refractivity contribution >= 4 is 33.0 Å². The molecule has 28 heavy (non-hydrogen) atoms. The van der Waals surface area contributed by atoms with Gasteiger partial charge < -0.3 is 9.42 Å². The molecule has 0 N–H and O–H groups in total. The molecule has 3 rings (SSSR count). The van der Waals surface area contributed by atoms with Gasteiger partial charge in [0.25, 0.3) is 0 Å². The van der Waals surface area contributed by atoms with E-state index >= 15 is 0 Å².